The van der Waals surface area contributed by atoms with Crippen LogP contribution >= 0.6 is 11.8 Å². The first-order valence-electron chi connectivity index (χ1n) is 7.93. The molecule has 1 N–H and O–H groups in total. The van der Waals surface area contributed by atoms with Crippen molar-refractivity contribution in [2.24, 2.45) is 11.8 Å². The Morgan fingerprint density at radius 3 is 2.33 bits per heavy atom. The molecule has 0 heterocycles. The number of hydrogen-bond donors (Lipinski definition) is 1. The monoisotopic (exact) mass is 305 g/mol. The Morgan fingerprint density at radius 1 is 1.24 bits per heavy atom. The highest BCUT2D eigenvalue weighted by Crippen LogP contribution is 2.38. The number of rotatable bonds is 8. The van der Waals surface area contributed by atoms with Gasteiger partial charge in [0.05, 0.1) is 11.3 Å². The summed E-state index contributed by atoms with van der Waals surface area (Å²) in [7, 11) is 0. The van der Waals surface area contributed by atoms with Gasteiger partial charge < -0.3 is 10.0 Å². The Bertz CT molecular complexity index is 510. The fourth-order valence-electron chi connectivity index (χ4n) is 2.77. The molecule has 0 unspecified atom stereocenters. The molecular formula is C17H23NO2S. The average molecular weight is 305 g/mol. The molecule has 1 aromatic carbocycles. The Balaban J connectivity index is 1.91. The number of carboxylic acids is 1. The summed E-state index contributed by atoms with van der Waals surface area (Å²) in [6.45, 7) is 4.11. The second kappa shape index (κ2) is 6.30. The van der Waals surface area contributed by atoms with Crippen LogP contribution in [0.25, 0.3) is 0 Å². The Kier molecular flexibility index (Phi) is 4.43. The van der Waals surface area contributed by atoms with E-state index in [0.29, 0.717) is 5.56 Å². The van der Waals surface area contributed by atoms with E-state index in [9.17, 15) is 9.90 Å². The molecule has 21 heavy (non-hydrogen) atoms. The van der Waals surface area contributed by atoms with Crippen LogP contribution in [-0.2, 0) is 0 Å². The topological polar surface area (TPSA) is 40.5 Å². The van der Waals surface area contributed by atoms with Crippen molar-refractivity contribution >= 4 is 23.4 Å². The Hall–Kier alpha value is -1.16. The summed E-state index contributed by atoms with van der Waals surface area (Å²) in [6, 6.07) is 5.94. The van der Waals surface area contributed by atoms with Crippen LogP contribution in [0.5, 0.6) is 0 Å². The zero-order valence-corrected chi connectivity index (χ0v) is 13.4. The Morgan fingerprint density at radius 2 is 1.86 bits per heavy atom. The third-order valence-electron chi connectivity index (χ3n) is 4.21. The van der Waals surface area contributed by atoms with Crippen molar-refractivity contribution < 1.29 is 9.90 Å². The molecule has 0 aromatic heterocycles. The molecule has 0 spiro atoms. The van der Waals surface area contributed by atoms with Crippen molar-refractivity contribution in [3.05, 3.63) is 23.8 Å². The van der Waals surface area contributed by atoms with Gasteiger partial charge in [-0.05, 0) is 55.4 Å². The van der Waals surface area contributed by atoms with Gasteiger partial charge in [0.25, 0.3) is 0 Å². The summed E-state index contributed by atoms with van der Waals surface area (Å²) in [5, 5.41) is 9.68. The highest BCUT2D eigenvalue weighted by atomic mass is 32.2. The summed E-state index contributed by atoms with van der Waals surface area (Å²) in [6.07, 6.45) is 5.19. The van der Waals surface area contributed by atoms with Gasteiger partial charge in [0.1, 0.15) is 0 Å². The summed E-state index contributed by atoms with van der Waals surface area (Å²) < 4.78 is 0. The van der Waals surface area contributed by atoms with Gasteiger partial charge in [-0.3, -0.25) is 0 Å². The maximum atomic E-state index is 11.8. The minimum atomic E-state index is -0.793. The van der Waals surface area contributed by atoms with Gasteiger partial charge >= 0.3 is 5.97 Å². The molecule has 3 rings (SSSR count). The van der Waals surface area contributed by atoms with E-state index in [1.807, 2.05) is 18.2 Å². The predicted molar refractivity (Wildman–Crippen MR) is 87.5 cm³/mol. The number of carbonyl (C=O) groups is 1. The second-order valence-corrected chi connectivity index (χ2v) is 7.49. The molecule has 0 aliphatic heterocycles. The van der Waals surface area contributed by atoms with E-state index >= 15 is 0 Å². The van der Waals surface area contributed by atoms with E-state index < -0.39 is 5.97 Å². The molecule has 2 aliphatic carbocycles. The minimum Gasteiger partial charge on any atom is -0.478 e. The van der Waals surface area contributed by atoms with E-state index in [-0.39, 0.29) is 0 Å². The van der Waals surface area contributed by atoms with Crippen LogP contribution in [-0.4, -0.2) is 29.9 Å². The first-order chi connectivity index (χ1) is 10.2. The molecule has 1 aromatic rings. The highest BCUT2D eigenvalue weighted by Gasteiger charge is 2.31. The van der Waals surface area contributed by atoms with Crippen molar-refractivity contribution in [3.63, 3.8) is 0 Å². The number of carboxylic acid groups (broad SMARTS) is 1. The van der Waals surface area contributed by atoms with Gasteiger partial charge in [0.2, 0.25) is 0 Å². The lowest BCUT2D eigenvalue weighted by Gasteiger charge is -2.27. The molecular weight excluding hydrogens is 282 g/mol. The van der Waals surface area contributed by atoms with Crippen LogP contribution in [0.1, 0.15) is 43.0 Å². The molecule has 0 atom stereocenters. The largest absolute Gasteiger partial charge is 0.478 e. The number of benzene rings is 1. The van der Waals surface area contributed by atoms with Gasteiger partial charge in [-0.1, -0.05) is 13.0 Å². The van der Waals surface area contributed by atoms with Crippen LogP contribution in [0.15, 0.2) is 23.1 Å². The number of hydrogen-bond acceptors (Lipinski definition) is 3. The molecule has 4 heteroatoms. The first kappa shape index (κ1) is 14.8. The zero-order chi connectivity index (χ0) is 14.8. The smallest absolute Gasteiger partial charge is 0.338 e. The molecule has 0 amide bonds. The number of aromatic carboxylic acids is 1. The van der Waals surface area contributed by atoms with Crippen LogP contribution in [0.4, 0.5) is 5.69 Å². The van der Waals surface area contributed by atoms with Crippen molar-refractivity contribution in [1.29, 1.82) is 0 Å². The lowest BCUT2D eigenvalue weighted by Crippen LogP contribution is -2.29. The normalized spacial score (nSPS) is 17.8. The molecule has 3 nitrogen and oxygen atoms in total. The summed E-state index contributed by atoms with van der Waals surface area (Å²) in [4.78, 5) is 15.0. The van der Waals surface area contributed by atoms with Crippen LogP contribution < -0.4 is 4.90 Å². The minimum absolute atomic E-state index is 0.505. The van der Waals surface area contributed by atoms with Crippen LogP contribution in [0.2, 0.25) is 0 Å². The maximum absolute atomic E-state index is 11.8. The van der Waals surface area contributed by atoms with E-state index in [0.717, 1.165) is 41.3 Å². The average Bonchev–Trinajstić information content (AvgIpc) is 3.33. The first-order valence-corrected chi connectivity index (χ1v) is 8.91. The summed E-state index contributed by atoms with van der Waals surface area (Å²) in [5.74, 6) is 1.65. The number of thioether (sulfide) groups is 1. The van der Waals surface area contributed by atoms with Gasteiger partial charge in [0, 0.05) is 18.0 Å². The molecule has 2 saturated carbocycles. The third-order valence-corrected chi connectivity index (χ3v) is 5.15. The SMILES string of the molecule is CCSc1cccc(N(CC2CC2)CC2CC2)c1C(=O)O. The standard InChI is InChI=1S/C17H23NO2S/c1-2-21-15-5-3-4-14(16(15)17(19)20)18(10-12-6-7-12)11-13-8-9-13/h3-5,12-13H,2,6-11H2,1H3,(H,19,20). The van der Waals surface area contributed by atoms with Gasteiger partial charge in [-0.15, -0.1) is 11.8 Å². The highest BCUT2D eigenvalue weighted by molar-refractivity contribution is 7.99. The van der Waals surface area contributed by atoms with Gasteiger partial charge in [0.15, 0.2) is 0 Å². The second-order valence-electron chi connectivity index (χ2n) is 6.18. The van der Waals surface area contributed by atoms with Gasteiger partial charge in [-0.25, -0.2) is 4.79 Å². The van der Waals surface area contributed by atoms with Crippen LogP contribution in [0.3, 0.4) is 0 Å². The zero-order valence-electron chi connectivity index (χ0n) is 12.5. The number of anilines is 1. The van der Waals surface area contributed by atoms with Crippen LogP contribution in [0, 0.1) is 11.8 Å². The van der Waals surface area contributed by atoms with E-state index in [1.54, 1.807) is 11.8 Å². The molecule has 0 bridgehead atoms. The predicted octanol–water partition coefficient (Wildman–Crippen LogP) is 4.12. The lowest BCUT2D eigenvalue weighted by atomic mass is 10.1. The number of nitrogens with zero attached hydrogens (tertiary/aromatic N) is 1. The molecule has 114 valence electrons. The Labute approximate surface area is 130 Å². The quantitative estimate of drug-likeness (QED) is 0.733. The van der Waals surface area contributed by atoms with Gasteiger partial charge in [-0.2, -0.15) is 0 Å². The maximum Gasteiger partial charge on any atom is 0.338 e. The van der Waals surface area contributed by atoms with Crippen molar-refractivity contribution in [2.45, 2.75) is 37.5 Å². The van der Waals surface area contributed by atoms with Crippen molar-refractivity contribution in [2.75, 3.05) is 23.7 Å². The molecule has 0 radical (unpaired) electrons. The van der Waals surface area contributed by atoms with Crippen molar-refractivity contribution in [1.82, 2.24) is 0 Å². The fraction of sp³-hybridized carbons (Fsp3) is 0.588. The van der Waals surface area contributed by atoms with E-state index in [4.69, 9.17) is 0 Å². The molecule has 0 saturated heterocycles. The molecule has 2 fully saturated rings. The fourth-order valence-corrected chi connectivity index (χ4v) is 3.59. The van der Waals surface area contributed by atoms with Crippen molar-refractivity contribution in [3.8, 4) is 0 Å². The molecule has 2 aliphatic rings. The summed E-state index contributed by atoms with van der Waals surface area (Å²) >= 11 is 1.62. The van der Waals surface area contributed by atoms with E-state index in [2.05, 4.69) is 11.8 Å². The third kappa shape index (κ3) is 3.73. The summed E-state index contributed by atoms with van der Waals surface area (Å²) in [5.41, 5.74) is 1.44. The van der Waals surface area contributed by atoms with E-state index in [1.165, 1.54) is 25.7 Å². The lowest BCUT2D eigenvalue weighted by molar-refractivity contribution is 0.0693.